The predicted octanol–water partition coefficient (Wildman–Crippen LogP) is 6.20. The van der Waals surface area contributed by atoms with Crippen molar-refractivity contribution in [2.45, 2.75) is 180 Å². The normalized spacial score (nSPS) is 36.7. The SMILES string of the molecule is CO[C@H]1C[C@@H]2CC[C@@H](C)[C@@](O)(O2)C(=O)C(=O)N2CCCC[C@H]2C(=O)O[C@H]([C@H](C)CC2CC[C@@H](OCCO)[C@H](OC)C2)CC(=O)C(C)=CC(C)[C@@H](O)[C@@H](OC)C(=O)[C@H](C)C[C@H](C)C=CC=CC=C1C. The molecule has 0 aromatic carbocycles. The van der Waals surface area contributed by atoms with Crippen molar-refractivity contribution >= 4 is 29.2 Å². The molecular formula is C53H83NO14. The van der Waals surface area contributed by atoms with Gasteiger partial charge in [-0.3, -0.25) is 19.2 Å². The first-order valence-electron chi connectivity index (χ1n) is 25.0. The fourth-order valence-electron chi connectivity index (χ4n) is 10.5. The Morgan fingerprint density at radius 3 is 2.28 bits per heavy atom. The van der Waals surface area contributed by atoms with Gasteiger partial charge in [0.15, 0.2) is 11.6 Å². The second-order valence-electron chi connectivity index (χ2n) is 20.2. The molecule has 1 amide bonds. The number of hydrogen-bond acceptors (Lipinski definition) is 14. The molecule has 3 heterocycles. The number of carbonyl (C=O) groups is 5. The van der Waals surface area contributed by atoms with Gasteiger partial charge >= 0.3 is 5.97 Å². The van der Waals surface area contributed by atoms with E-state index in [9.17, 15) is 39.3 Å². The van der Waals surface area contributed by atoms with E-state index < -0.39 is 77.8 Å². The molecule has 15 heteroatoms. The number of Topliss-reactive ketones (excluding diaryl/α,β-unsaturated/α-hetero) is 3. The number of methoxy groups -OCH3 is 3. The summed E-state index contributed by atoms with van der Waals surface area (Å²) >= 11 is 0. The Hall–Kier alpha value is -3.41. The Morgan fingerprint density at radius 1 is 0.868 bits per heavy atom. The number of ketones is 3. The molecule has 4 rings (SSSR count). The fraction of sp³-hybridized carbons (Fsp3) is 0.755. The van der Waals surface area contributed by atoms with Gasteiger partial charge in [0, 0.05) is 58.5 Å². The molecule has 3 fully saturated rings. The highest BCUT2D eigenvalue weighted by molar-refractivity contribution is 6.39. The monoisotopic (exact) mass is 958 g/mol. The topological polar surface area (TPSA) is 205 Å². The summed E-state index contributed by atoms with van der Waals surface area (Å²) in [6.07, 6.45) is 12.0. The standard InChI is InChI=1S/C53H83NO14/c1-32-16-12-11-13-17-33(2)44(63-8)30-40-21-19-38(7)53(62,68-40)50(59)51(60)54-23-15-14-18-41(54)52(61)67-45(35(4)28-39-20-22-43(66-25-24-55)46(29-39)64-9)31-42(56)34(3)27-37(6)48(58)49(65-10)47(57)36(5)26-32/h11-13,16-17,27,32,35-41,43-46,48-49,55,58,62H,14-15,18-26,28-31H2,1-10H3/t32-,35-,36-,37?,38-,39?,40+,41+,43-,44+,45+,46-,48-,49+,53-/m1/s1. The van der Waals surface area contributed by atoms with Gasteiger partial charge in [0.2, 0.25) is 5.79 Å². The maximum Gasteiger partial charge on any atom is 0.329 e. The lowest BCUT2D eigenvalue weighted by Gasteiger charge is -2.42. The van der Waals surface area contributed by atoms with Gasteiger partial charge in [-0.2, -0.15) is 0 Å². The van der Waals surface area contributed by atoms with E-state index in [2.05, 4.69) is 0 Å². The summed E-state index contributed by atoms with van der Waals surface area (Å²) in [5, 5.41) is 32.8. The number of amides is 1. The maximum atomic E-state index is 14.5. The summed E-state index contributed by atoms with van der Waals surface area (Å²) in [5.74, 6) is -7.94. The number of hydrogen-bond donors (Lipinski definition) is 3. The summed E-state index contributed by atoms with van der Waals surface area (Å²) in [6.45, 7) is 12.9. The number of carbonyl (C=O) groups excluding carboxylic acids is 5. The van der Waals surface area contributed by atoms with E-state index >= 15 is 0 Å². The minimum atomic E-state index is -2.43. The van der Waals surface area contributed by atoms with Gasteiger partial charge in [-0.1, -0.05) is 71.1 Å². The molecule has 15 nitrogen and oxygen atoms in total. The zero-order valence-corrected chi connectivity index (χ0v) is 42.4. The van der Waals surface area contributed by atoms with Crippen molar-refractivity contribution in [1.29, 1.82) is 0 Å². The zero-order chi connectivity index (χ0) is 50.3. The third-order valence-corrected chi connectivity index (χ3v) is 14.9. The van der Waals surface area contributed by atoms with Crippen LogP contribution in [0.25, 0.3) is 0 Å². The van der Waals surface area contributed by atoms with Gasteiger partial charge in [-0.15, -0.1) is 0 Å². The first-order valence-corrected chi connectivity index (χ1v) is 25.0. The highest BCUT2D eigenvalue weighted by Gasteiger charge is 2.53. The van der Waals surface area contributed by atoms with Crippen LogP contribution in [0.5, 0.6) is 0 Å². The van der Waals surface area contributed by atoms with Crippen LogP contribution in [0.4, 0.5) is 0 Å². The van der Waals surface area contributed by atoms with E-state index in [-0.39, 0.29) is 74.1 Å². The van der Waals surface area contributed by atoms with Crippen LogP contribution < -0.4 is 0 Å². The molecular weight excluding hydrogens is 875 g/mol. The van der Waals surface area contributed by atoms with Crippen molar-refractivity contribution in [2.24, 2.45) is 35.5 Å². The Balaban J connectivity index is 1.70. The summed E-state index contributed by atoms with van der Waals surface area (Å²) in [4.78, 5) is 72.1. The highest BCUT2D eigenvalue weighted by atomic mass is 16.6. The van der Waals surface area contributed by atoms with Gasteiger partial charge in [-0.05, 0) is 107 Å². The van der Waals surface area contributed by atoms with Crippen molar-refractivity contribution in [1.82, 2.24) is 4.90 Å². The summed E-state index contributed by atoms with van der Waals surface area (Å²) in [5.41, 5.74) is 1.19. The molecule has 3 N–H and O–H groups in total. The van der Waals surface area contributed by atoms with Crippen LogP contribution in [0.3, 0.4) is 0 Å². The van der Waals surface area contributed by atoms with Gasteiger partial charge in [0.25, 0.3) is 11.7 Å². The number of aliphatic hydroxyl groups excluding tert-OH is 2. The summed E-state index contributed by atoms with van der Waals surface area (Å²) in [7, 11) is 4.59. The van der Waals surface area contributed by atoms with Crippen LogP contribution >= 0.6 is 0 Å². The first kappa shape index (κ1) is 57.2. The van der Waals surface area contributed by atoms with Crippen LogP contribution in [0.1, 0.15) is 126 Å². The lowest BCUT2D eigenvalue weighted by atomic mass is 9.78. The van der Waals surface area contributed by atoms with Gasteiger partial charge in [-0.25, -0.2) is 4.79 Å². The molecule has 15 atom stereocenters. The first-order chi connectivity index (χ1) is 32.3. The average molecular weight is 958 g/mol. The van der Waals surface area contributed by atoms with Gasteiger partial charge in [0.1, 0.15) is 18.2 Å². The number of ether oxygens (including phenoxy) is 6. The van der Waals surface area contributed by atoms with Crippen molar-refractivity contribution in [2.75, 3.05) is 41.1 Å². The smallest absolute Gasteiger partial charge is 0.329 e. The number of cyclic esters (lactones) is 1. The molecule has 2 bridgehead atoms. The number of esters is 1. The van der Waals surface area contributed by atoms with E-state index in [1.54, 1.807) is 41.1 Å². The number of allylic oxidation sites excluding steroid dienone is 6. The van der Waals surface area contributed by atoms with Crippen molar-refractivity contribution in [3.8, 4) is 0 Å². The number of rotatable bonds is 9. The van der Waals surface area contributed by atoms with Gasteiger partial charge < -0.3 is 48.6 Å². The molecule has 68 heavy (non-hydrogen) atoms. The van der Waals surface area contributed by atoms with Crippen molar-refractivity contribution in [3.63, 3.8) is 0 Å². The minimum absolute atomic E-state index is 0.0185. The zero-order valence-electron chi connectivity index (χ0n) is 42.4. The summed E-state index contributed by atoms with van der Waals surface area (Å²) < 4.78 is 35.6. The lowest BCUT2D eigenvalue weighted by molar-refractivity contribution is -0.265. The third-order valence-electron chi connectivity index (χ3n) is 14.9. The number of aliphatic hydroxyl groups is 3. The lowest BCUT2D eigenvalue weighted by Crippen LogP contribution is -2.61. The van der Waals surface area contributed by atoms with Gasteiger partial charge in [0.05, 0.1) is 43.7 Å². The second-order valence-corrected chi connectivity index (χ2v) is 20.2. The Morgan fingerprint density at radius 2 is 1.60 bits per heavy atom. The quantitative estimate of drug-likeness (QED) is 0.174. The molecule has 2 unspecified atom stereocenters. The molecule has 1 saturated carbocycles. The molecule has 0 radical (unpaired) electrons. The minimum Gasteiger partial charge on any atom is -0.460 e. The largest absolute Gasteiger partial charge is 0.460 e. The predicted molar refractivity (Wildman–Crippen MR) is 256 cm³/mol. The molecule has 384 valence electrons. The van der Waals surface area contributed by atoms with Crippen molar-refractivity contribution < 1.29 is 67.7 Å². The molecule has 0 aromatic heterocycles. The van der Waals surface area contributed by atoms with E-state index in [1.165, 1.54) is 12.0 Å². The van der Waals surface area contributed by atoms with Crippen molar-refractivity contribution in [3.05, 3.63) is 47.6 Å². The van der Waals surface area contributed by atoms with E-state index in [4.69, 9.17) is 28.4 Å². The third kappa shape index (κ3) is 15.3. The maximum absolute atomic E-state index is 14.5. The number of fused-ring (bicyclic) bond motifs is 3. The Labute approximate surface area is 405 Å². The molecule has 1 aliphatic carbocycles. The average Bonchev–Trinajstić information content (AvgIpc) is 3.32. The van der Waals surface area contributed by atoms with Crippen LogP contribution in [-0.2, 0) is 52.4 Å². The Kier molecular flexibility index (Phi) is 22.9. The molecule has 0 spiro atoms. The van der Waals surface area contributed by atoms with E-state index in [0.29, 0.717) is 63.4 Å². The second kappa shape index (κ2) is 27.3. The van der Waals surface area contributed by atoms with Crippen LogP contribution in [0.2, 0.25) is 0 Å². The Bertz CT molecular complexity index is 1810. The van der Waals surface area contributed by atoms with E-state index in [0.717, 1.165) is 12.0 Å². The molecule has 2 saturated heterocycles. The molecule has 3 aliphatic heterocycles. The molecule has 0 aromatic rings. The summed E-state index contributed by atoms with van der Waals surface area (Å²) in [6, 6.07) is -1.15. The highest BCUT2D eigenvalue weighted by Crippen LogP contribution is 2.38. The number of nitrogens with zero attached hydrogens (tertiary/aromatic N) is 1. The van der Waals surface area contributed by atoms with Crippen LogP contribution in [0.15, 0.2) is 47.6 Å². The van der Waals surface area contributed by atoms with Crippen LogP contribution in [-0.4, -0.2) is 145 Å². The van der Waals surface area contributed by atoms with Crippen LogP contribution in [0, 0.1) is 35.5 Å². The fourth-order valence-corrected chi connectivity index (χ4v) is 10.5. The van der Waals surface area contributed by atoms with E-state index in [1.807, 2.05) is 58.1 Å². The number of piperidine rings is 1. The molecule has 4 aliphatic rings.